The molecule has 2 aliphatic heterocycles. The molecular formula is C25H30F3N3O4S. The maximum absolute atomic E-state index is 14.4. The fourth-order valence-corrected chi connectivity index (χ4v) is 6.40. The van der Waals surface area contributed by atoms with E-state index in [9.17, 15) is 26.4 Å². The number of ether oxygens (including phenoxy) is 1. The lowest BCUT2D eigenvalue weighted by Crippen LogP contribution is -2.53. The number of benzene rings is 2. The maximum atomic E-state index is 14.4. The predicted molar refractivity (Wildman–Crippen MR) is 127 cm³/mol. The highest BCUT2D eigenvalue weighted by Gasteiger charge is 2.43. The highest BCUT2D eigenvalue weighted by molar-refractivity contribution is 7.89. The zero-order valence-corrected chi connectivity index (χ0v) is 20.9. The molecule has 1 atom stereocenters. The van der Waals surface area contributed by atoms with E-state index in [1.165, 1.54) is 24.3 Å². The largest absolute Gasteiger partial charge is 0.493 e. The van der Waals surface area contributed by atoms with Crippen molar-refractivity contribution >= 4 is 15.9 Å². The molecule has 0 saturated carbocycles. The summed E-state index contributed by atoms with van der Waals surface area (Å²) in [5, 5.41) is 0. The van der Waals surface area contributed by atoms with E-state index < -0.39 is 37.8 Å². The van der Waals surface area contributed by atoms with Crippen LogP contribution < -0.4 is 4.74 Å². The van der Waals surface area contributed by atoms with E-state index in [-0.39, 0.29) is 32.0 Å². The van der Waals surface area contributed by atoms with Gasteiger partial charge in [0.2, 0.25) is 15.9 Å². The highest BCUT2D eigenvalue weighted by atomic mass is 32.2. The molecule has 2 heterocycles. The minimum Gasteiger partial charge on any atom is -0.493 e. The summed E-state index contributed by atoms with van der Waals surface area (Å²) in [6, 6.07) is 7.81. The lowest BCUT2D eigenvalue weighted by Gasteiger charge is -2.43. The van der Waals surface area contributed by atoms with Crippen molar-refractivity contribution in [3.05, 3.63) is 59.9 Å². The van der Waals surface area contributed by atoms with Crippen LogP contribution in [0.1, 0.15) is 19.3 Å². The average molecular weight is 526 g/mol. The van der Waals surface area contributed by atoms with E-state index in [2.05, 4.69) is 4.90 Å². The number of rotatable bonds is 7. The van der Waals surface area contributed by atoms with Gasteiger partial charge in [-0.05, 0) is 56.3 Å². The Morgan fingerprint density at radius 2 is 1.64 bits per heavy atom. The number of hydrogen-bond acceptors (Lipinski definition) is 5. The average Bonchev–Trinajstić information content (AvgIpc) is 2.84. The van der Waals surface area contributed by atoms with E-state index in [1.54, 1.807) is 4.90 Å². The molecule has 2 saturated heterocycles. The Morgan fingerprint density at radius 1 is 0.972 bits per heavy atom. The normalized spacial score (nSPS) is 21.9. The number of nitrogens with zero attached hydrogens (tertiary/aromatic N) is 3. The molecule has 4 rings (SSSR count). The van der Waals surface area contributed by atoms with Gasteiger partial charge in [-0.3, -0.25) is 4.79 Å². The molecule has 196 valence electrons. The molecule has 2 aromatic carbocycles. The third kappa shape index (κ3) is 6.01. The van der Waals surface area contributed by atoms with Gasteiger partial charge in [0.1, 0.15) is 28.1 Å². The fourth-order valence-electron chi connectivity index (χ4n) is 4.76. The maximum Gasteiger partial charge on any atom is 0.246 e. The number of carbonyl (C=O) groups excluding carboxylic acids is 1. The topological polar surface area (TPSA) is 70.2 Å². The predicted octanol–water partition coefficient (Wildman–Crippen LogP) is 3.12. The summed E-state index contributed by atoms with van der Waals surface area (Å²) in [5.74, 6) is -2.16. The molecule has 36 heavy (non-hydrogen) atoms. The first kappa shape index (κ1) is 26.4. The number of likely N-dealkylation sites (N-methyl/N-ethyl adjacent to an activating group) is 1. The number of sulfonamides is 1. The number of amides is 1. The Kier molecular flexibility index (Phi) is 7.91. The van der Waals surface area contributed by atoms with Gasteiger partial charge in [0.15, 0.2) is 0 Å². The van der Waals surface area contributed by atoms with Crippen LogP contribution in [0.4, 0.5) is 13.2 Å². The first-order valence-corrected chi connectivity index (χ1v) is 13.3. The molecule has 0 spiro atoms. The number of piperazine rings is 1. The van der Waals surface area contributed by atoms with Crippen molar-refractivity contribution in [1.29, 1.82) is 0 Å². The van der Waals surface area contributed by atoms with Crippen molar-refractivity contribution in [2.45, 2.75) is 24.2 Å². The molecule has 0 radical (unpaired) electrons. The molecule has 1 amide bonds. The third-order valence-electron chi connectivity index (χ3n) is 6.88. The minimum atomic E-state index is -4.28. The SMILES string of the molecule is CN1CCN(C(=O)C[C@@]2(COc3ccc(F)cc3)CCCN(S(=O)(=O)c3ccc(F)cc3F)C2)CC1. The summed E-state index contributed by atoms with van der Waals surface area (Å²) in [4.78, 5) is 16.6. The smallest absolute Gasteiger partial charge is 0.246 e. The number of piperidine rings is 1. The van der Waals surface area contributed by atoms with Crippen molar-refractivity contribution in [3.63, 3.8) is 0 Å². The van der Waals surface area contributed by atoms with Gasteiger partial charge < -0.3 is 14.5 Å². The van der Waals surface area contributed by atoms with Gasteiger partial charge in [-0.2, -0.15) is 4.31 Å². The molecule has 0 unspecified atom stereocenters. The zero-order valence-electron chi connectivity index (χ0n) is 20.1. The monoisotopic (exact) mass is 525 g/mol. The van der Waals surface area contributed by atoms with Crippen LogP contribution in [0.3, 0.4) is 0 Å². The van der Waals surface area contributed by atoms with Gasteiger partial charge in [-0.1, -0.05) is 0 Å². The van der Waals surface area contributed by atoms with Crippen LogP contribution in [-0.4, -0.2) is 81.4 Å². The van der Waals surface area contributed by atoms with Crippen LogP contribution in [-0.2, 0) is 14.8 Å². The number of carbonyl (C=O) groups is 1. The molecule has 2 fully saturated rings. The molecule has 0 N–H and O–H groups in total. The number of halogens is 3. The van der Waals surface area contributed by atoms with E-state index in [0.717, 1.165) is 29.5 Å². The minimum absolute atomic E-state index is 0.0238. The Labute approximate surface area is 209 Å². The second-order valence-corrected chi connectivity index (χ2v) is 11.5. The van der Waals surface area contributed by atoms with Crippen LogP contribution in [0.2, 0.25) is 0 Å². The van der Waals surface area contributed by atoms with Crippen molar-refractivity contribution in [1.82, 2.24) is 14.1 Å². The molecule has 11 heteroatoms. The van der Waals surface area contributed by atoms with Crippen LogP contribution in [0.5, 0.6) is 5.75 Å². The van der Waals surface area contributed by atoms with Gasteiger partial charge in [0.05, 0.1) is 6.61 Å². The standard InChI is InChI=1S/C25H30F3N3O4S/c1-29-11-13-30(14-12-29)24(32)16-25(18-35-21-6-3-19(26)4-7-21)9-2-10-31(17-25)36(33,34)23-8-5-20(27)15-22(23)28/h3-8,15H,2,9-14,16-18H2,1H3/t25-/m0/s1. The van der Waals surface area contributed by atoms with Crippen LogP contribution in [0.25, 0.3) is 0 Å². The molecular weight excluding hydrogens is 495 g/mol. The quantitative estimate of drug-likeness (QED) is 0.556. The van der Waals surface area contributed by atoms with Gasteiger partial charge in [-0.15, -0.1) is 0 Å². The summed E-state index contributed by atoms with van der Waals surface area (Å²) < 4.78 is 74.9. The van der Waals surface area contributed by atoms with E-state index in [4.69, 9.17) is 4.74 Å². The van der Waals surface area contributed by atoms with Crippen molar-refractivity contribution < 1.29 is 31.1 Å². The first-order valence-electron chi connectivity index (χ1n) is 11.9. The van der Waals surface area contributed by atoms with Crippen molar-refractivity contribution in [2.24, 2.45) is 5.41 Å². The van der Waals surface area contributed by atoms with Crippen LogP contribution in [0.15, 0.2) is 47.4 Å². The molecule has 7 nitrogen and oxygen atoms in total. The summed E-state index contributed by atoms with van der Waals surface area (Å²) in [5.41, 5.74) is -0.878. The molecule has 2 aromatic rings. The third-order valence-corrected chi connectivity index (χ3v) is 8.76. The van der Waals surface area contributed by atoms with Crippen molar-refractivity contribution in [3.8, 4) is 5.75 Å². The molecule has 0 aromatic heterocycles. The van der Waals surface area contributed by atoms with E-state index in [0.29, 0.717) is 37.7 Å². The summed E-state index contributed by atoms with van der Waals surface area (Å²) in [6.45, 7) is 2.74. The van der Waals surface area contributed by atoms with Gasteiger partial charge in [0.25, 0.3) is 0 Å². The lowest BCUT2D eigenvalue weighted by molar-refractivity contribution is -0.136. The Balaban J connectivity index is 1.58. The summed E-state index contributed by atoms with van der Waals surface area (Å²) in [7, 11) is -2.30. The Morgan fingerprint density at radius 3 is 2.31 bits per heavy atom. The van der Waals surface area contributed by atoms with Gasteiger partial charge in [-0.25, -0.2) is 21.6 Å². The van der Waals surface area contributed by atoms with Crippen molar-refractivity contribution in [2.75, 3.05) is 52.9 Å². The lowest BCUT2D eigenvalue weighted by atomic mass is 9.78. The second-order valence-electron chi connectivity index (χ2n) is 9.62. The Bertz CT molecular complexity index is 1190. The fraction of sp³-hybridized carbons (Fsp3) is 0.480. The summed E-state index contributed by atoms with van der Waals surface area (Å²) in [6.07, 6.45) is 1.01. The Hall–Kier alpha value is -2.63. The van der Waals surface area contributed by atoms with Crippen LogP contribution in [0, 0.1) is 22.9 Å². The first-order chi connectivity index (χ1) is 17.1. The van der Waals surface area contributed by atoms with Gasteiger partial charge in [0, 0.05) is 57.2 Å². The molecule has 0 aliphatic carbocycles. The van der Waals surface area contributed by atoms with Gasteiger partial charge >= 0.3 is 0 Å². The molecule has 0 bridgehead atoms. The second kappa shape index (κ2) is 10.8. The van der Waals surface area contributed by atoms with E-state index in [1.807, 2.05) is 7.05 Å². The van der Waals surface area contributed by atoms with E-state index >= 15 is 0 Å². The highest BCUT2D eigenvalue weighted by Crippen LogP contribution is 2.38. The summed E-state index contributed by atoms with van der Waals surface area (Å²) >= 11 is 0. The number of hydrogen-bond donors (Lipinski definition) is 0. The molecule has 2 aliphatic rings. The van der Waals surface area contributed by atoms with Crippen LogP contribution >= 0.6 is 0 Å². The zero-order chi connectivity index (χ0) is 25.9.